The first kappa shape index (κ1) is 16.0. The van der Waals surface area contributed by atoms with Gasteiger partial charge in [0.05, 0.1) is 5.75 Å². The van der Waals surface area contributed by atoms with Gasteiger partial charge in [-0.2, -0.15) is 0 Å². The number of Topliss-reactive ketones (excluding diaryl/α,β-unsaturated/α-hetero) is 1. The molecule has 1 heterocycles. The van der Waals surface area contributed by atoms with E-state index in [4.69, 9.17) is 0 Å². The van der Waals surface area contributed by atoms with Gasteiger partial charge in [-0.15, -0.1) is 11.8 Å². The Labute approximate surface area is 138 Å². The minimum absolute atomic E-state index is 0.0942. The predicted octanol–water partition coefficient (Wildman–Crippen LogP) is 3.60. The third-order valence-corrected chi connectivity index (χ3v) is 6.09. The summed E-state index contributed by atoms with van der Waals surface area (Å²) in [6.45, 7) is 0. The van der Waals surface area contributed by atoms with Crippen LogP contribution >= 0.6 is 11.8 Å². The number of hydrogen-bond donors (Lipinski definition) is 0. The van der Waals surface area contributed by atoms with Crippen LogP contribution in [0, 0.1) is 5.82 Å². The van der Waals surface area contributed by atoms with E-state index < -0.39 is 32.1 Å². The summed E-state index contributed by atoms with van der Waals surface area (Å²) in [6.07, 6.45) is 3.51. The minimum Gasteiger partial charge on any atom is -0.289 e. The van der Waals surface area contributed by atoms with E-state index in [0.29, 0.717) is 0 Å². The molecule has 0 unspecified atom stereocenters. The normalized spacial score (nSPS) is 18.0. The van der Waals surface area contributed by atoms with Gasteiger partial charge in [-0.1, -0.05) is 18.2 Å². The van der Waals surface area contributed by atoms with Crippen molar-refractivity contribution in [3.63, 3.8) is 0 Å². The number of fused-ring (bicyclic) bond motifs is 1. The van der Waals surface area contributed by atoms with E-state index in [1.54, 1.807) is 17.8 Å². The Balaban J connectivity index is 2.09. The van der Waals surface area contributed by atoms with Crippen molar-refractivity contribution in [3.8, 4) is 0 Å². The Morgan fingerprint density at radius 2 is 1.83 bits per heavy atom. The fourth-order valence-electron chi connectivity index (χ4n) is 2.53. The average Bonchev–Trinajstić information content (AvgIpc) is 2.52. The third kappa shape index (κ3) is 2.96. The van der Waals surface area contributed by atoms with Crippen LogP contribution in [0.15, 0.2) is 57.8 Å². The van der Waals surface area contributed by atoms with Crippen LogP contribution in [0.2, 0.25) is 0 Å². The lowest BCUT2D eigenvalue weighted by Gasteiger charge is -2.18. The number of sulfone groups is 1. The molecule has 0 aliphatic carbocycles. The Bertz CT molecular complexity index is 913. The number of carbonyl (C=O) groups is 1. The molecule has 0 atom stereocenters. The van der Waals surface area contributed by atoms with Gasteiger partial charge in [-0.25, -0.2) is 12.8 Å². The number of benzene rings is 2. The molecule has 2 aromatic rings. The Morgan fingerprint density at radius 3 is 2.48 bits per heavy atom. The Morgan fingerprint density at radius 1 is 1.13 bits per heavy atom. The summed E-state index contributed by atoms with van der Waals surface area (Å²) in [5.41, 5.74) is 0.796. The highest BCUT2D eigenvalue weighted by atomic mass is 32.2. The maximum atomic E-state index is 13.8. The molecule has 6 heteroatoms. The van der Waals surface area contributed by atoms with Crippen molar-refractivity contribution < 1.29 is 17.6 Å². The molecule has 118 valence electrons. The molecule has 0 radical (unpaired) electrons. The topological polar surface area (TPSA) is 51.2 Å². The maximum absolute atomic E-state index is 13.8. The second kappa shape index (κ2) is 5.94. The Hall–Kier alpha value is -1.92. The summed E-state index contributed by atoms with van der Waals surface area (Å²) in [5, 5.41) is 0. The number of thioether (sulfide) groups is 1. The molecule has 3 rings (SSSR count). The van der Waals surface area contributed by atoms with Gasteiger partial charge < -0.3 is 0 Å². The van der Waals surface area contributed by atoms with E-state index in [0.717, 1.165) is 16.5 Å². The first-order valence-electron chi connectivity index (χ1n) is 6.83. The van der Waals surface area contributed by atoms with Gasteiger partial charge >= 0.3 is 0 Å². The zero-order valence-electron chi connectivity index (χ0n) is 12.2. The quantitative estimate of drug-likeness (QED) is 0.615. The molecule has 0 aromatic heterocycles. The van der Waals surface area contributed by atoms with Crippen molar-refractivity contribution in [1.82, 2.24) is 0 Å². The van der Waals surface area contributed by atoms with Crippen molar-refractivity contribution in [2.24, 2.45) is 0 Å². The van der Waals surface area contributed by atoms with Gasteiger partial charge in [0, 0.05) is 16.0 Å². The lowest BCUT2D eigenvalue weighted by atomic mass is 10.0. The van der Waals surface area contributed by atoms with Crippen LogP contribution in [0.5, 0.6) is 0 Å². The first-order valence-corrected chi connectivity index (χ1v) is 9.70. The van der Waals surface area contributed by atoms with E-state index in [1.165, 1.54) is 12.1 Å². The predicted molar refractivity (Wildman–Crippen MR) is 89.0 cm³/mol. The number of hydrogen-bond acceptors (Lipinski definition) is 4. The molecule has 0 N–H and O–H groups in total. The van der Waals surface area contributed by atoms with Crippen LogP contribution in [0.1, 0.15) is 15.9 Å². The van der Waals surface area contributed by atoms with Crippen LogP contribution in [0.4, 0.5) is 4.39 Å². The fraction of sp³-hybridized carbons (Fsp3) is 0.118. The molecule has 0 fully saturated rings. The minimum atomic E-state index is -3.86. The zero-order valence-corrected chi connectivity index (χ0v) is 13.9. The van der Waals surface area contributed by atoms with E-state index >= 15 is 0 Å². The van der Waals surface area contributed by atoms with E-state index in [-0.39, 0.29) is 11.1 Å². The van der Waals surface area contributed by atoms with Gasteiger partial charge in [-0.05, 0) is 42.2 Å². The molecule has 3 nitrogen and oxygen atoms in total. The van der Waals surface area contributed by atoms with E-state index in [2.05, 4.69) is 0 Å². The molecule has 0 saturated carbocycles. The van der Waals surface area contributed by atoms with Crippen LogP contribution in [0.25, 0.3) is 6.08 Å². The summed E-state index contributed by atoms with van der Waals surface area (Å²) in [4.78, 5) is 13.1. The molecule has 1 aliphatic heterocycles. The highest BCUT2D eigenvalue weighted by Crippen LogP contribution is 2.31. The van der Waals surface area contributed by atoms with Crippen molar-refractivity contribution in [2.45, 2.75) is 9.79 Å². The summed E-state index contributed by atoms with van der Waals surface area (Å²) in [7, 11) is -3.86. The lowest BCUT2D eigenvalue weighted by molar-refractivity contribution is 0.103. The van der Waals surface area contributed by atoms with Gasteiger partial charge in [0.1, 0.15) is 10.7 Å². The molecule has 2 aromatic carbocycles. The molecule has 0 saturated heterocycles. The van der Waals surface area contributed by atoms with Crippen LogP contribution < -0.4 is 0 Å². The molecule has 0 amide bonds. The van der Waals surface area contributed by atoms with Crippen molar-refractivity contribution >= 4 is 33.5 Å². The zero-order chi connectivity index (χ0) is 16.6. The first-order chi connectivity index (χ1) is 10.9. The number of carbonyl (C=O) groups excluding carboxylic acids is 1. The summed E-state index contributed by atoms with van der Waals surface area (Å²) >= 11 is 1.59. The summed E-state index contributed by atoms with van der Waals surface area (Å²) in [6, 6.07) is 11.2. The van der Waals surface area contributed by atoms with Gasteiger partial charge in [-0.3, -0.25) is 4.79 Å². The Kier molecular flexibility index (Phi) is 4.12. The lowest BCUT2D eigenvalue weighted by Crippen LogP contribution is -2.25. The maximum Gasteiger partial charge on any atom is 0.191 e. The van der Waals surface area contributed by atoms with Crippen LogP contribution in [0.3, 0.4) is 0 Å². The smallest absolute Gasteiger partial charge is 0.191 e. The molecule has 1 aliphatic rings. The van der Waals surface area contributed by atoms with Gasteiger partial charge in [0.2, 0.25) is 0 Å². The van der Waals surface area contributed by atoms with E-state index in [1.807, 2.05) is 30.5 Å². The fourth-order valence-corrected chi connectivity index (χ4v) is 4.57. The molecule has 23 heavy (non-hydrogen) atoms. The summed E-state index contributed by atoms with van der Waals surface area (Å²) in [5.74, 6) is -1.80. The monoisotopic (exact) mass is 348 g/mol. The van der Waals surface area contributed by atoms with Crippen molar-refractivity contribution in [3.05, 3.63) is 65.0 Å². The van der Waals surface area contributed by atoms with Crippen molar-refractivity contribution in [2.75, 3.05) is 12.0 Å². The standard InChI is InChI=1S/C17H13FO3S2/c1-22-13-7-5-11(6-8-13)9-12-10-23(20,21)17-14(16(12)19)3-2-4-15(17)18/h2-9H,10H2,1H3. The largest absolute Gasteiger partial charge is 0.289 e. The highest BCUT2D eigenvalue weighted by molar-refractivity contribution is 7.98. The SMILES string of the molecule is CSc1ccc(C=C2CS(=O)(=O)c3c(F)cccc3C2=O)cc1. The highest BCUT2D eigenvalue weighted by Gasteiger charge is 2.35. The van der Waals surface area contributed by atoms with Crippen LogP contribution in [-0.2, 0) is 9.84 Å². The second-order valence-corrected chi connectivity index (χ2v) is 7.95. The van der Waals surface area contributed by atoms with Gasteiger partial charge in [0.25, 0.3) is 0 Å². The van der Waals surface area contributed by atoms with Gasteiger partial charge in [0.15, 0.2) is 15.6 Å². The van der Waals surface area contributed by atoms with E-state index in [9.17, 15) is 17.6 Å². The third-order valence-electron chi connectivity index (χ3n) is 3.62. The second-order valence-electron chi connectivity index (χ2n) is 5.15. The number of halogens is 1. The molecule has 0 bridgehead atoms. The molecular formula is C17H13FO3S2. The van der Waals surface area contributed by atoms with Crippen molar-refractivity contribution in [1.29, 1.82) is 0 Å². The molecular weight excluding hydrogens is 335 g/mol. The number of ketones is 1. The molecule has 0 spiro atoms. The van der Waals surface area contributed by atoms with Crippen LogP contribution in [-0.4, -0.2) is 26.2 Å². The summed E-state index contributed by atoms with van der Waals surface area (Å²) < 4.78 is 38.4. The number of rotatable bonds is 2. The average molecular weight is 348 g/mol.